The van der Waals surface area contributed by atoms with Crippen LogP contribution in [0.15, 0.2) is 0 Å². The lowest BCUT2D eigenvalue weighted by molar-refractivity contribution is -0.152. The average molecular weight is 236 g/mol. The van der Waals surface area contributed by atoms with E-state index in [4.69, 9.17) is 4.74 Å². The zero-order valence-corrected chi connectivity index (χ0v) is 11.6. The molecule has 2 aliphatic carbocycles. The van der Waals surface area contributed by atoms with Crippen LogP contribution in [0.1, 0.15) is 47.5 Å². The fourth-order valence-corrected chi connectivity index (χ4v) is 5.67. The number of hydrogen-bond donors (Lipinski definition) is 0. The van der Waals surface area contributed by atoms with Crippen molar-refractivity contribution in [3.63, 3.8) is 0 Å². The van der Waals surface area contributed by atoms with E-state index >= 15 is 0 Å². The molecule has 4 unspecified atom stereocenters. The molecule has 2 nitrogen and oxygen atoms in total. The number of carbonyl (C=O) groups is 1. The molecule has 0 aromatic rings. The normalized spacial score (nSPS) is 46.1. The van der Waals surface area contributed by atoms with Crippen LogP contribution in [0.25, 0.3) is 0 Å². The highest BCUT2D eigenvalue weighted by molar-refractivity contribution is 5.81. The summed E-state index contributed by atoms with van der Waals surface area (Å²) in [6, 6.07) is 0. The summed E-state index contributed by atoms with van der Waals surface area (Å²) in [6.07, 6.45) is 2.46. The molecule has 0 radical (unpaired) electrons. The highest BCUT2D eigenvalue weighted by Crippen LogP contribution is 2.72. The van der Waals surface area contributed by atoms with Crippen LogP contribution in [0, 0.1) is 34.5 Å². The van der Waals surface area contributed by atoms with Crippen LogP contribution in [-0.4, -0.2) is 12.1 Å². The van der Waals surface area contributed by atoms with Gasteiger partial charge in [0.05, 0.1) is 5.41 Å². The quantitative estimate of drug-likeness (QED) is 0.688. The Balaban J connectivity index is 2.10. The van der Waals surface area contributed by atoms with Crippen molar-refractivity contribution in [2.45, 2.75) is 53.6 Å². The summed E-state index contributed by atoms with van der Waals surface area (Å²) in [7, 11) is 0. The number of ether oxygens (including phenoxy) is 1. The Morgan fingerprint density at radius 3 is 2.35 bits per heavy atom. The highest BCUT2D eigenvalue weighted by atomic mass is 16.6. The van der Waals surface area contributed by atoms with E-state index in [0.29, 0.717) is 23.7 Å². The summed E-state index contributed by atoms with van der Waals surface area (Å²) >= 11 is 0. The van der Waals surface area contributed by atoms with Gasteiger partial charge in [0.1, 0.15) is 6.10 Å². The minimum absolute atomic E-state index is 0.0816. The third-order valence-corrected chi connectivity index (χ3v) is 6.29. The summed E-state index contributed by atoms with van der Waals surface area (Å²) < 4.78 is 5.84. The van der Waals surface area contributed by atoms with Crippen LogP contribution in [0.3, 0.4) is 0 Å². The summed E-state index contributed by atoms with van der Waals surface area (Å²) in [5.41, 5.74) is 0.0823. The van der Waals surface area contributed by atoms with E-state index in [0.717, 1.165) is 6.42 Å². The Morgan fingerprint density at radius 2 is 1.82 bits per heavy atom. The third kappa shape index (κ3) is 1.02. The number of esters is 1. The smallest absolute Gasteiger partial charge is 0.312 e. The molecule has 1 saturated heterocycles. The van der Waals surface area contributed by atoms with Crippen molar-refractivity contribution < 1.29 is 9.53 Å². The first-order chi connectivity index (χ1) is 7.85. The van der Waals surface area contributed by atoms with E-state index in [1.54, 1.807) is 0 Å². The molecule has 0 spiro atoms. The van der Waals surface area contributed by atoms with E-state index < -0.39 is 0 Å². The molecule has 3 fully saturated rings. The molecule has 3 rings (SSSR count). The van der Waals surface area contributed by atoms with Crippen LogP contribution in [0.2, 0.25) is 0 Å². The Morgan fingerprint density at radius 1 is 1.24 bits per heavy atom. The van der Waals surface area contributed by atoms with Gasteiger partial charge in [0.2, 0.25) is 0 Å². The first kappa shape index (κ1) is 11.6. The first-order valence-corrected chi connectivity index (χ1v) is 7.06. The van der Waals surface area contributed by atoms with Crippen LogP contribution in [0.4, 0.5) is 0 Å². The molecule has 2 saturated carbocycles. The summed E-state index contributed by atoms with van der Waals surface area (Å²) in [5.74, 6) is 2.45. The molecular formula is C15H24O2. The molecule has 3 aliphatic rings. The Bertz CT molecular complexity index is 363. The van der Waals surface area contributed by atoms with Gasteiger partial charge in [0.15, 0.2) is 0 Å². The lowest BCUT2D eigenvalue weighted by Gasteiger charge is -2.48. The van der Waals surface area contributed by atoms with Crippen molar-refractivity contribution >= 4 is 5.97 Å². The van der Waals surface area contributed by atoms with Gasteiger partial charge in [-0.3, -0.25) is 4.79 Å². The molecule has 0 N–H and O–H groups in total. The van der Waals surface area contributed by atoms with Crippen LogP contribution >= 0.6 is 0 Å². The summed E-state index contributed by atoms with van der Waals surface area (Å²) in [4.78, 5) is 12.1. The maximum absolute atomic E-state index is 12.1. The maximum Gasteiger partial charge on any atom is 0.312 e. The second-order valence-electron chi connectivity index (χ2n) is 7.30. The number of hydrogen-bond acceptors (Lipinski definition) is 2. The van der Waals surface area contributed by atoms with E-state index in [1.165, 1.54) is 6.42 Å². The minimum atomic E-state index is -0.150. The standard InChI is InChI=1S/C15H24O2/c1-8(2)15(9(3)4)10-6-11-12(15)17-13(16)14(11,5)7-10/h8-12H,6-7H2,1-5H3. The number of rotatable bonds is 2. The SMILES string of the molecule is CC(C)C1(C(C)C)C2CC3C1OC(=O)C3(C)C2. The van der Waals surface area contributed by atoms with Gasteiger partial charge < -0.3 is 4.74 Å². The fourth-order valence-electron chi connectivity index (χ4n) is 5.67. The molecule has 4 atom stereocenters. The van der Waals surface area contributed by atoms with Crippen LogP contribution < -0.4 is 0 Å². The predicted octanol–water partition coefficient (Wildman–Crippen LogP) is 3.26. The molecule has 1 heterocycles. The zero-order chi connectivity index (χ0) is 12.6. The summed E-state index contributed by atoms with van der Waals surface area (Å²) in [6.45, 7) is 11.4. The molecule has 17 heavy (non-hydrogen) atoms. The molecule has 2 heteroatoms. The molecule has 2 bridgehead atoms. The average Bonchev–Trinajstić information content (AvgIpc) is 2.74. The van der Waals surface area contributed by atoms with Gasteiger partial charge in [0, 0.05) is 11.3 Å². The first-order valence-electron chi connectivity index (χ1n) is 7.06. The predicted molar refractivity (Wildman–Crippen MR) is 66.3 cm³/mol. The van der Waals surface area contributed by atoms with Gasteiger partial charge in [-0.05, 0) is 37.5 Å². The van der Waals surface area contributed by atoms with Crippen LogP contribution in [-0.2, 0) is 9.53 Å². The topological polar surface area (TPSA) is 26.3 Å². The molecule has 96 valence electrons. The largest absolute Gasteiger partial charge is 0.461 e. The molecule has 0 amide bonds. The zero-order valence-electron chi connectivity index (χ0n) is 11.6. The van der Waals surface area contributed by atoms with Gasteiger partial charge in [-0.15, -0.1) is 0 Å². The second-order valence-corrected chi connectivity index (χ2v) is 7.30. The molecule has 0 aromatic heterocycles. The Kier molecular flexibility index (Phi) is 2.09. The van der Waals surface area contributed by atoms with Gasteiger partial charge in [0.25, 0.3) is 0 Å². The molecule has 0 aromatic carbocycles. The number of fused-ring (bicyclic) bond motifs is 1. The van der Waals surface area contributed by atoms with E-state index in [-0.39, 0.29) is 22.9 Å². The Hall–Kier alpha value is -0.530. The van der Waals surface area contributed by atoms with Crippen molar-refractivity contribution in [3.05, 3.63) is 0 Å². The fraction of sp³-hybridized carbons (Fsp3) is 0.933. The van der Waals surface area contributed by atoms with Crippen molar-refractivity contribution in [2.75, 3.05) is 0 Å². The lowest BCUT2D eigenvalue weighted by Crippen LogP contribution is -2.49. The monoisotopic (exact) mass is 236 g/mol. The van der Waals surface area contributed by atoms with E-state index in [2.05, 4.69) is 34.6 Å². The molecule has 1 aliphatic heterocycles. The van der Waals surface area contributed by atoms with Crippen molar-refractivity contribution in [2.24, 2.45) is 34.5 Å². The van der Waals surface area contributed by atoms with Crippen molar-refractivity contribution in [3.8, 4) is 0 Å². The summed E-state index contributed by atoms with van der Waals surface area (Å²) in [5, 5.41) is 0. The van der Waals surface area contributed by atoms with Crippen LogP contribution in [0.5, 0.6) is 0 Å². The Labute approximate surface area is 104 Å². The van der Waals surface area contributed by atoms with Gasteiger partial charge in [-0.25, -0.2) is 0 Å². The van der Waals surface area contributed by atoms with E-state index in [1.807, 2.05) is 0 Å². The maximum atomic E-state index is 12.1. The molecular weight excluding hydrogens is 212 g/mol. The minimum Gasteiger partial charge on any atom is -0.461 e. The van der Waals surface area contributed by atoms with Gasteiger partial charge >= 0.3 is 5.97 Å². The highest BCUT2D eigenvalue weighted by Gasteiger charge is 2.74. The lowest BCUT2D eigenvalue weighted by atomic mass is 9.55. The van der Waals surface area contributed by atoms with Gasteiger partial charge in [-0.2, -0.15) is 0 Å². The van der Waals surface area contributed by atoms with Crippen molar-refractivity contribution in [1.82, 2.24) is 0 Å². The van der Waals surface area contributed by atoms with Crippen molar-refractivity contribution in [1.29, 1.82) is 0 Å². The second kappa shape index (κ2) is 3.07. The van der Waals surface area contributed by atoms with Gasteiger partial charge in [-0.1, -0.05) is 27.7 Å². The van der Waals surface area contributed by atoms with E-state index in [9.17, 15) is 4.79 Å². The number of carbonyl (C=O) groups excluding carboxylic acids is 1. The third-order valence-electron chi connectivity index (χ3n) is 6.29.